The fourth-order valence-corrected chi connectivity index (χ4v) is 3.30. The molecule has 2 aliphatic heterocycles. The first-order valence-corrected chi connectivity index (χ1v) is 8.20. The Hall–Kier alpha value is -1.99. The van der Waals surface area contributed by atoms with Crippen molar-refractivity contribution in [3.8, 4) is 0 Å². The summed E-state index contributed by atoms with van der Waals surface area (Å²) in [6.07, 6.45) is 3.19. The minimum absolute atomic E-state index is 0.00424. The third-order valence-corrected chi connectivity index (χ3v) is 4.71. The molecule has 1 aromatic heterocycles. The Bertz CT molecular complexity index is 585. The Balaban J connectivity index is 1.61. The summed E-state index contributed by atoms with van der Waals surface area (Å²) in [7, 11) is 1.52. The van der Waals surface area contributed by atoms with Gasteiger partial charge in [0.1, 0.15) is 13.2 Å². The second-order valence-corrected chi connectivity index (χ2v) is 6.36. The van der Waals surface area contributed by atoms with Gasteiger partial charge in [0.25, 0.3) is 0 Å². The van der Waals surface area contributed by atoms with Gasteiger partial charge >= 0.3 is 0 Å². The van der Waals surface area contributed by atoms with E-state index in [1.807, 2.05) is 23.1 Å². The number of hydrogen-bond donors (Lipinski definition) is 0. The lowest BCUT2D eigenvalue weighted by atomic mass is 9.89. The van der Waals surface area contributed by atoms with Crippen molar-refractivity contribution in [3.05, 3.63) is 30.1 Å². The van der Waals surface area contributed by atoms with Crippen LogP contribution in [0.5, 0.6) is 0 Å². The summed E-state index contributed by atoms with van der Waals surface area (Å²) in [6.45, 7) is 2.52. The monoisotopic (exact) mass is 333 g/mol. The molecule has 0 N–H and O–H groups in total. The number of carbonyl (C=O) groups excluding carboxylic acids is 2. The highest BCUT2D eigenvalue weighted by Gasteiger charge is 2.42. The number of ether oxygens (including phenoxy) is 2. The summed E-state index contributed by atoms with van der Waals surface area (Å²) in [5.74, 6) is -0.00579. The Morgan fingerprint density at radius 1 is 1.38 bits per heavy atom. The first kappa shape index (κ1) is 16.9. The third kappa shape index (κ3) is 3.73. The van der Waals surface area contributed by atoms with Crippen LogP contribution >= 0.6 is 0 Å². The number of rotatable bonds is 4. The minimum atomic E-state index is -0.355. The van der Waals surface area contributed by atoms with E-state index in [0.29, 0.717) is 26.2 Å². The van der Waals surface area contributed by atoms with Crippen LogP contribution in [0, 0.1) is 0 Å². The van der Waals surface area contributed by atoms with E-state index in [0.717, 1.165) is 18.5 Å². The van der Waals surface area contributed by atoms with Gasteiger partial charge in [0.05, 0.1) is 24.4 Å². The van der Waals surface area contributed by atoms with Crippen LogP contribution < -0.4 is 0 Å². The van der Waals surface area contributed by atoms with Crippen LogP contribution in [0.2, 0.25) is 0 Å². The van der Waals surface area contributed by atoms with Crippen molar-refractivity contribution < 1.29 is 19.1 Å². The number of morpholine rings is 1. The van der Waals surface area contributed by atoms with E-state index in [9.17, 15) is 9.59 Å². The van der Waals surface area contributed by atoms with Gasteiger partial charge < -0.3 is 19.3 Å². The summed E-state index contributed by atoms with van der Waals surface area (Å²) in [5, 5.41) is 0. The molecule has 0 radical (unpaired) electrons. The fourth-order valence-electron chi connectivity index (χ4n) is 3.30. The molecule has 0 aliphatic carbocycles. The molecule has 0 bridgehead atoms. The van der Waals surface area contributed by atoms with E-state index >= 15 is 0 Å². The Morgan fingerprint density at radius 2 is 2.17 bits per heavy atom. The lowest BCUT2D eigenvalue weighted by Crippen LogP contribution is -2.59. The maximum absolute atomic E-state index is 12.2. The number of carbonyl (C=O) groups is 2. The Labute approximate surface area is 141 Å². The van der Waals surface area contributed by atoms with E-state index in [-0.39, 0.29) is 30.6 Å². The molecule has 7 nitrogen and oxygen atoms in total. The van der Waals surface area contributed by atoms with Gasteiger partial charge in [-0.2, -0.15) is 0 Å². The summed E-state index contributed by atoms with van der Waals surface area (Å²) < 4.78 is 10.8. The SMILES string of the molecule is COCC(=O)N1CCC2(CC1)CN(Cc1ccccn1)C(=O)CO2. The summed E-state index contributed by atoms with van der Waals surface area (Å²) in [6, 6.07) is 5.70. The number of likely N-dealkylation sites (tertiary alicyclic amines) is 1. The van der Waals surface area contributed by atoms with Gasteiger partial charge in [-0.05, 0) is 25.0 Å². The minimum Gasteiger partial charge on any atom is -0.375 e. The third-order valence-electron chi connectivity index (χ3n) is 4.71. The lowest BCUT2D eigenvalue weighted by Gasteiger charge is -2.46. The predicted molar refractivity (Wildman–Crippen MR) is 86.0 cm³/mol. The molecule has 1 aromatic rings. The van der Waals surface area contributed by atoms with Crippen molar-refractivity contribution in [2.75, 3.05) is 40.0 Å². The average molecular weight is 333 g/mol. The molecule has 130 valence electrons. The molecule has 3 heterocycles. The molecular weight excluding hydrogens is 310 g/mol. The van der Waals surface area contributed by atoms with E-state index < -0.39 is 0 Å². The number of methoxy groups -OCH3 is 1. The van der Waals surface area contributed by atoms with Gasteiger partial charge in [-0.1, -0.05) is 6.07 Å². The van der Waals surface area contributed by atoms with Gasteiger partial charge in [-0.15, -0.1) is 0 Å². The Kier molecular flexibility index (Phi) is 5.11. The van der Waals surface area contributed by atoms with Crippen LogP contribution in [-0.2, 0) is 25.6 Å². The van der Waals surface area contributed by atoms with E-state index in [2.05, 4.69) is 4.98 Å². The van der Waals surface area contributed by atoms with Crippen molar-refractivity contribution in [2.45, 2.75) is 25.0 Å². The molecule has 1 spiro atoms. The van der Waals surface area contributed by atoms with Gasteiger partial charge in [0, 0.05) is 26.4 Å². The molecule has 0 atom stereocenters. The number of amides is 2. The number of piperidine rings is 1. The van der Waals surface area contributed by atoms with Gasteiger partial charge in [0.15, 0.2) is 0 Å². The maximum atomic E-state index is 12.2. The highest BCUT2D eigenvalue weighted by Crippen LogP contribution is 2.31. The van der Waals surface area contributed by atoms with Crippen LogP contribution in [0.1, 0.15) is 18.5 Å². The van der Waals surface area contributed by atoms with Crippen molar-refractivity contribution in [1.82, 2.24) is 14.8 Å². The normalized spacial score (nSPS) is 20.5. The van der Waals surface area contributed by atoms with Gasteiger partial charge in [-0.3, -0.25) is 14.6 Å². The molecule has 7 heteroatoms. The zero-order valence-corrected chi connectivity index (χ0v) is 13.9. The standard InChI is InChI=1S/C17H23N3O4/c1-23-11-15(21)19-8-5-17(6-9-19)13-20(16(22)12-24-17)10-14-4-2-3-7-18-14/h2-4,7H,5-6,8-13H2,1H3. The quantitative estimate of drug-likeness (QED) is 0.800. The Morgan fingerprint density at radius 3 is 2.83 bits per heavy atom. The van der Waals surface area contributed by atoms with Crippen molar-refractivity contribution >= 4 is 11.8 Å². The average Bonchev–Trinajstić information content (AvgIpc) is 2.60. The fraction of sp³-hybridized carbons (Fsp3) is 0.588. The molecule has 2 fully saturated rings. The highest BCUT2D eigenvalue weighted by molar-refractivity contribution is 5.79. The van der Waals surface area contributed by atoms with E-state index in [4.69, 9.17) is 9.47 Å². The smallest absolute Gasteiger partial charge is 0.249 e. The summed E-state index contributed by atoms with van der Waals surface area (Å²) >= 11 is 0. The second kappa shape index (κ2) is 7.27. The molecule has 0 unspecified atom stereocenters. The number of aromatic nitrogens is 1. The van der Waals surface area contributed by atoms with Gasteiger partial charge in [-0.25, -0.2) is 0 Å². The number of hydrogen-bond acceptors (Lipinski definition) is 5. The van der Waals surface area contributed by atoms with E-state index in [1.165, 1.54) is 7.11 Å². The maximum Gasteiger partial charge on any atom is 0.249 e. The van der Waals surface area contributed by atoms with Crippen LogP contribution in [0.4, 0.5) is 0 Å². The number of nitrogens with zero attached hydrogens (tertiary/aromatic N) is 3. The zero-order valence-electron chi connectivity index (χ0n) is 13.9. The molecule has 0 aromatic carbocycles. The van der Waals surface area contributed by atoms with Crippen LogP contribution in [0.25, 0.3) is 0 Å². The van der Waals surface area contributed by atoms with Crippen molar-refractivity contribution in [3.63, 3.8) is 0 Å². The van der Waals surface area contributed by atoms with Crippen molar-refractivity contribution in [2.24, 2.45) is 0 Å². The molecule has 2 amide bonds. The highest BCUT2D eigenvalue weighted by atomic mass is 16.5. The predicted octanol–water partition coefficient (Wildman–Crippen LogP) is 0.448. The van der Waals surface area contributed by atoms with Crippen LogP contribution in [0.3, 0.4) is 0 Å². The zero-order chi connectivity index (χ0) is 17.0. The largest absolute Gasteiger partial charge is 0.375 e. The topological polar surface area (TPSA) is 72.0 Å². The van der Waals surface area contributed by atoms with Crippen LogP contribution in [0.15, 0.2) is 24.4 Å². The first-order chi connectivity index (χ1) is 11.6. The van der Waals surface area contributed by atoms with E-state index in [1.54, 1.807) is 11.1 Å². The molecule has 0 saturated carbocycles. The summed E-state index contributed by atoms with van der Waals surface area (Å²) in [4.78, 5) is 32.0. The molecular formula is C17H23N3O4. The van der Waals surface area contributed by atoms with Crippen LogP contribution in [-0.4, -0.2) is 72.2 Å². The molecule has 2 aliphatic rings. The first-order valence-electron chi connectivity index (χ1n) is 8.20. The van der Waals surface area contributed by atoms with Gasteiger partial charge in [0.2, 0.25) is 11.8 Å². The lowest BCUT2D eigenvalue weighted by molar-refractivity contribution is -0.175. The van der Waals surface area contributed by atoms with Crippen molar-refractivity contribution in [1.29, 1.82) is 0 Å². The number of pyridine rings is 1. The summed E-state index contributed by atoms with van der Waals surface area (Å²) in [5.41, 5.74) is 0.516. The molecule has 3 rings (SSSR count). The second-order valence-electron chi connectivity index (χ2n) is 6.36. The molecule has 24 heavy (non-hydrogen) atoms. The molecule has 2 saturated heterocycles.